The molecule has 0 aromatic carbocycles. The van der Waals surface area contributed by atoms with E-state index in [1.807, 2.05) is 0 Å². The van der Waals surface area contributed by atoms with Crippen LogP contribution in [0.15, 0.2) is 0 Å². The molecule has 4 nitrogen and oxygen atoms in total. The number of hydrogen-bond donors (Lipinski definition) is 2. The van der Waals surface area contributed by atoms with Gasteiger partial charge in [0.05, 0.1) is 6.10 Å². The van der Waals surface area contributed by atoms with Crippen molar-refractivity contribution in [2.75, 3.05) is 13.2 Å². The molecular weight excluding hydrogens is 252 g/mol. The van der Waals surface area contributed by atoms with Crippen LogP contribution in [0.4, 0.5) is 0 Å². The fourth-order valence-electron chi connectivity index (χ4n) is 3.64. The van der Waals surface area contributed by atoms with Crippen LogP contribution in [0.5, 0.6) is 0 Å². The van der Waals surface area contributed by atoms with Gasteiger partial charge in [0.25, 0.3) is 0 Å². The van der Waals surface area contributed by atoms with Gasteiger partial charge in [-0.15, -0.1) is 0 Å². The molecule has 3 N–H and O–H groups in total. The summed E-state index contributed by atoms with van der Waals surface area (Å²) in [6.45, 7) is 8.24. The first-order valence-electron chi connectivity index (χ1n) is 8.03. The van der Waals surface area contributed by atoms with Crippen molar-refractivity contribution in [1.82, 2.24) is 5.32 Å². The van der Waals surface area contributed by atoms with E-state index in [4.69, 9.17) is 10.5 Å². The number of amides is 1. The highest BCUT2D eigenvalue weighted by Gasteiger charge is 2.36. The van der Waals surface area contributed by atoms with E-state index < -0.39 is 0 Å². The third-order valence-electron chi connectivity index (χ3n) is 4.68. The zero-order valence-corrected chi connectivity index (χ0v) is 13.2. The van der Waals surface area contributed by atoms with E-state index in [9.17, 15) is 4.79 Å². The second-order valence-corrected chi connectivity index (χ2v) is 7.57. The maximum absolute atomic E-state index is 12.2. The van der Waals surface area contributed by atoms with Crippen molar-refractivity contribution in [3.05, 3.63) is 0 Å². The quantitative estimate of drug-likeness (QED) is 0.833. The summed E-state index contributed by atoms with van der Waals surface area (Å²) in [6, 6.07) is 0.214. The topological polar surface area (TPSA) is 64.3 Å². The molecule has 0 aromatic rings. The fraction of sp³-hybridized carbons (Fsp3) is 0.938. The molecule has 4 heteroatoms. The first kappa shape index (κ1) is 15.8. The third kappa shape index (κ3) is 3.95. The van der Waals surface area contributed by atoms with Gasteiger partial charge >= 0.3 is 0 Å². The summed E-state index contributed by atoms with van der Waals surface area (Å²) in [5.74, 6) is 0.751. The molecule has 1 aliphatic carbocycles. The average molecular weight is 282 g/mol. The number of nitrogens with one attached hydrogen (secondary N) is 1. The second kappa shape index (κ2) is 6.44. The third-order valence-corrected chi connectivity index (χ3v) is 4.68. The zero-order valence-electron chi connectivity index (χ0n) is 13.2. The van der Waals surface area contributed by atoms with Crippen LogP contribution < -0.4 is 11.1 Å². The van der Waals surface area contributed by atoms with Gasteiger partial charge in [-0.3, -0.25) is 4.79 Å². The molecule has 0 bridgehead atoms. The lowest BCUT2D eigenvalue weighted by Crippen LogP contribution is -2.46. The van der Waals surface area contributed by atoms with Gasteiger partial charge in [0.2, 0.25) is 5.91 Å². The standard InChI is InChI=1S/C16H30N2O2/c1-16(2,3)14-12(5-4-8-20-14)10-18-15(19)11-6-7-13(17)9-11/h11-14H,4-10,17H2,1-3H3,(H,18,19). The van der Waals surface area contributed by atoms with Crippen molar-refractivity contribution in [2.24, 2.45) is 23.0 Å². The van der Waals surface area contributed by atoms with E-state index >= 15 is 0 Å². The minimum absolute atomic E-state index is 0.127. The van der Waals surface area contributed by atoms with E-state index in [0.717, 1.165) is 45.3 Å². The van der Waals surface area contributed by atoms with E-state index in [2.05, 4.69) is 26.1 Å². The highest BCUT2D eigenvalue weighted by molar-refractivity contribution is 5.79. The van der Waals surface area contributed by atoms with Crippen LogP contribution in [0.1, 0.15) is 52.9 Å². The Morgan fingerprint density at radius 3 is 2.65 bits per heavy atom. The lowest BCUT2D eigenvalue weighted by atomic mass is 9.78. The van der Waals surface area contributed by atoms with E-state index in [1.165, 1.54) is 0 Å². The molecule has 1 saturated heterocycles. The molecule has 116 valence electrons. The summed E-state index contributed by atoms with van der Waals surface area (Å²) in [5.41, 5.74) is 6.01. The van der Waals surface area contributed by atoms with Gasteiger partial charge in [-0.05, 0) is 37.5 Å². The molecule has 1 amide bonds. The summed E-state index contributed by atoms with van der Waals surface area (Å²) >= 11 is 0. The lowest BCUT2D eigenvalue weighted by molar-refractivity contribution is -0.126. The zero-order chi connectivity index (χ0) is 14.8. The molecule has 2 rings (SSSR count). The van der Waals surface area contributed by atoms with Crippen molar-refractivity contribution < 1.29 is 9.53 Å². The number of carbonyl (C=O) groups excluding carboxylic acids is 1. The van der Waals surface area contributed by atoms with Gasteiger partial charge in [-0.25, -0.2) is 0 Å². The van der Waals surface area contributed by atoms with Crippen molar-refractivity contribution in [1.29, 1.82) is 0 Å². The first-order chi connectivity index (χ1) is 9.38. The molecule has 0 aromatic heterocycles. The minimum atomic E-state index is 0.127. The van der Waals surface area contributed by atoms with Gasteiger partial charge in [0.1, 0.15) is 0 Å². The molecule has 4 atom stereocenters. The molecule has 0 radical (unpaired) electrons. The van der Waals surface area contributed by atoms with Crippen LogP contribution in [-0.2, 0) is 9.53 Å². The van der Waals surface area contributed by atoms with Crippen molar-refractivity contribution in [2.45, 2.75) is 65.0 Å². The Kier molecular flexibility index (Phi) is 5.08. The minimum Gasteiger partial charge on any atom is -0.377 e. The Morgan fingerprint density at radius 1 is 1.30 bits per heavy atom. The summed E-state index contributed by atoms with van der Waals surface area (Å²) in [5, 5.41) is 3.14. The molecule has 20 heavy (non-hydrogen) atoms. The smallest absolute Gasteiger partial charge is 0.223 e. The fourth-order valence-corrected chi connectivity index (χ4v) is 3.64. The number of rotatable bonds is 3. The summed E-state index contributed by atoms with van der Waals surface area (Å²) in [4.78, 5) is 12.2. The number of ether oxygens (including phenoxy) is 1. The van der Waals surface area contributed by atoms with Crippen molar-refractivity contribution >= 4 is 5.91 Å². The van der Waals surface area contributed by atoms with Crippen LogP contribution in [-0.4, -0.2) is 31.2 Å². The van der Waals surface area contributed by atoms with E-state index in [-0.39, 0.29) is 29.4 Å². The normalized spacial score (nSPS) is 35.0. The first-order valence-corrected chi connectivity index (χ1v) is 8.03. The van der Waals surface area contributed by atoms with Gasteiger partial charge in [0, 0.05) is 31.0 Å². The van der Waals surface area contributed by atoms with Gasteiger partial charge in [0.15, 0.2) is 0 Å². The molecule has 2 aliphatic rings. The van der Waals surface area contributed by atoms with E-state index in [1.54, 1.807) is 0 Å². The number of hydrogen-bond acceptors (Lipinski definition) is 3. The SMILES string of the molecule is CC(C)(C)C1OCCCC1CNC(=O)C1CCC(N)C1. The largest absolute Gasteiger partial charge is 0.377 e. The molecule has 1 heterocycles. The van der Waals surface area contributed by atoms with Gasteiger partial charge in [-0.1, -0.05) is 20.8 Å². The van der Waals surface area contributed by atoms with Crippen LogP contribution >= 0.6 is 0 Å². The molecule has 4 unspecified atom stereocenters. The van der Waals surface area contributed by atoms with Crippen LogP contribution in [0.25, 0.3) is 0 Å². The summed E-state index contributed by atoms with van der Waals surface area (Å²) in [6.07, 6.45) is 5.25. The molecule has 2 fully saturated rings. The predicted molar refractivity (Wildman–Crippen MR) is 80.2 cm³/mol. The average Bonchev–Trinajstić information content (AvgIpc) is 2.82. The van der Waals surface area contributed by atoms with Crippen LogP contribution in [0.3, 0.4) is 0 Å². The Morgan fingerprint density at radius 2 is 2.05 bits per heavy atom. The maximum Gasteiger partial charge on any atom is 0.223 e. The molecule has 0 spiro atoms. The van der Waals surface area contributed by atoms with Gasteiger partial charge in [-0.2, -0.15) is 0 Å². The van der Waals surface area contributed by atoms with Gasteiger partial charge < -0.3 is 15.8 Å². The monoisotopic (exact) mass is 282 g/mol. The Bertz CT molecular complexity index is 338. The summed E-state index contributed by atoms with van der Waals surface area (Å²) < 4.78 is 5.96. The number of carbonyl (C=O) groups is 1. The van der Waals surface area contributed by atoms with Crippen LogP contribution in [0, 0.1) is 17.3 Å². The second-order valence-electron chi connectivity index (χ2n) is 7.57. The van der Waals surface area contributed by atoms with Crippen molar-refractivity contribution in [3.8, 4) is 0 Å². The highest BCUT2D eigenvalue weighted by Crippen LogP contribution is 2.34. The molecule has 1 saturated carbocycles. The molecule has 1 aliphatic heterocycles. The van der Waals surface area contributed by atoms with E-state index in [0.29, 0.717) is 5.92 Å². The summed E-state index contributed by atoms with van der Waals surface area (Å²) in [7, 11) is 0. The van der Waals surface area contributed by atoms with Crippen molar-refractivity contribution in [3.63, 3.8) is 0 Å². The Hall–Kier alpha value is -0.610. The lowest BCUT2D eigenvalue weighted by Gasteiger charge is -2.40. The number of nitrogens with two attached hydrogens (primary N) is 1. The Labute approximate surface area is 122 Å². The predicted octanol–water partition coefficient (Wildman–Crippen LogP) is 2.07. The molecular formula is C16H30N2O2. The van der Waals surface area contributed by atoms with Crippen LogP contribution in [0.2, 0.25) is 0 Å². The Balaban J connectivity index is 1.83. The highest BCUT2D eigenvalue weighted by atomic mass is 16.5. The maximum atomic E-state index is 12.2.